The van der Waals surface area contributed by atoms with Gasteiger partial charge in [-0.3, -0.25) is 4.98 Å². The van der Waals surface area contributed by atoms with Crippen molar-refractivity contribution in [1.82, 2.24) is 14.2 Å². The van der Waals surface area contributed by atoms with E-state index in [1.54, 1.807) is 17.0 Å². The molecule has 0 saturated carbocycles. The Bertz CT molecular complexity index is 1040. The molecule has 0 unspecified atom stereocenters. The molecular weight excluding hydrogens is 442 g/mol. The van der Waals surface area contributed by atoms with Crippen LogP contribution in [0.25, 0.3) is 0 Å². The van der Waals surface area contributed by atoms with Crippen molar-refractivity contribution < 1.29 is 22.7 Å². The van der Waals surface area contributed by atoms with Crippen LogP contribution in [0.15, 0.2) is 47.5 Å². The van der Waals surface area contributed by atoms with Gasteiger partial charge in [-0.05, 0) is 75.4 Å². The maximum atomic E-state index is 12.2. The summed E-state index contributed by atoms with van der Waals surface area (Å²) in [5.74, 6) is 0.936. The minimum absolute atomic E-state index is 0.222. The Kier molecular flexibility index (Phi) is 7.64. The third-order valence-electron chi connectivity index (χ3n) is 5.45. The molecule has 8 nitrogen and oxygen atoms in total. The second kappa shape index (κ2) is 10.1. The first-order valence-electron chi connectivity index (χ1n) is 11.0. The van der Waals surface area contributed by atoms with E-state index in [0.717, 1.165) is 24.1 Å². The average molecular weight is 476 g/mol. The predicted octanol–water partition coefficient (Wildman–Crippen LogP) is 4.03. The molecule has 1 fully saturated rings. The molecule has 1 aliphatic rings. The summed E-state index contributed by atoms with van der Waals surface area (Å²) in [5, 5.41) is 0. The van der Waals surface area contributed by atoms with E-state index in [0.29, 0.717) is 24.8 Å². The maximum absolute atomic E-state index is 12.2. The largest absolute Gasteiger partial charge is 0.487 e. The lowest BCUT2D eigenvalue weighted by atomic mass is 9.90. The first-order chi connectivity index (χ1) is 15.5. The molecule has 1 aromatic carbocycles. The number of rotatable bonds is 6. The lowest BCUT2D eigenvalue weighted by Gasteiger charge is -2.33. The van der Waals surface area contributed by atoms with Gasteiger partial charge in [0.15, 0.2) is 0 Å². The van der Waals surface area contributed by atoms with Gasteiger partial charge < -0.3 is 14.4 Å². The van der Waals surface area contributed by atoms with Crippen LogP contribution in [-0.2, 0) is 21.4 Å². The summed E-state index contributed by atoms with van der Waals surface area (Å²) in [4.78, 5) is 18.7. The molecule has 180 valence electrons. The number of sulfonamides is 1. The maximum Gasteiger partial charge on any atom is 0.410 e. The average Bonchev–Trinajstić information content (AvgIpc) is 2.77. The third-order valence-corrected chi connectivity index (χ3v) is 7.28. The van der Waals surface area contributed by atoms with Crippen molar-refractivity contribution in [3.05, 3.63) is 53.9 Å². The monoisotopic (exact) mass is 475 g/mol. The summed E-state index contributed by atoms with van der Waals surface area (Å²) >= 11 is 0. The van der Waals surface area contributed by atoms with E-state index in [9.17, 15) is 13.2 Å². The lowest BCUT2D eigenvalue weighted by molar-refractivity contribution is 0.0204. The third kappa shape index (κ3) is 6.68. The molecule has 9 heteroatoms. The Morgan fingerprint density at radius 1 is 1.09 bits per heavy atom. The van der Waals surface area contributed by atoms with E-state index in [-0.39, 0.29) is 17.6 Å². The molecule has 33 heavy (non-hydrogen) atoms. The number of likely N-dealkylation sites (tertiary alicyclic amines) is 1. The summed E-state index contributed by atoms with van der Waals surface area (Å²) in [6.45, 7) is 7.25. The summed E-state index contributed by atoms with van der Waals surface area (Å²) < 4.78 is 36.7. The van der Waals surface area contributed by atoms with E-state index in [1.807, 2.05) is 33.0 Å². The molecule has 1 aliphatic heterocycles. The smallest absolute Gasteiger partial charge is 0.410 e. The topological polar surface area (TPSA) is 89.0 Å². The Hall–Kier alpha value is -2.65. The molecule has 0 aliphatic carbocycles. The van der Waals surface area contributed by atoms with E-state index >= 15 is 0 Å². The highest BCUT2D eigenvalue weighted by atomic mass is 32.2. The van der Waals surface area contributed by atoms with Gasteiger partial charge in [0.25, 0.3) is 0 Å². The number of nitrogens with zero attached hydrogens (tertiary/aromatic N) is 3. The molecule has 0 radical (unpaired) electrons. The number of hydrogen-bond acceptors (Lipinski definition) is 6. The van der Waals surface area contributed by atoms with Crippen molar-refractivity contribution in [2.45, 2.75) is 56.6 Å². The highest BCUT2D eigenvalue weighted by Gasteiger charge is 2.27. The van der Waals surface area contributed by atoms with E-state index in [1.165, 1.54) is 30.5 Å². The number of piperidine rings is 1. The van der Waals surface area contributed by atoms with E-state index in [4.69, 9.17) is 9.47 Å². The molecule has 1 aromatic heterocycles. The molecule has 0 N–H and O–H groups in total. The fourth-order valence-corrected chi connectivity index (χ4v) is 4.46. The summed E-state index contributed by atoms with van der Waals surface area (Å²) in [5.41, 5.74) is 1.46. The molecule has 0 spiro atoms. The molecule has 0 bridgehead atoms. The van der Waals surface area contributed by atoms with E-state index in [2.05, 4.69) is 11.1 Å². The molecule has 0 atom stereocenters. The number of hydrogen-bond donors (Lipinski definition) is 0. The van der Waals surface area contributed by atoms with Gasteiger partial charge in [-0.2, -0.15) is 0 Å². The van der Waals surface area contributed by atoms with Crippen molar-refractivity contribution in [3.8, 4) is 5.75 Å². The quantitative estimate of drug-likeness (QED) is 0.627. The predicted molar refractivity (Wildman–Crippen MR) is 126 cm³/mol. The molecule has 2 aromatic rings. The number of ether oxygens (including phenoxy) is 2. The van der Waals surface area contributed by atoms with Crippen LogP contribution in [0.1, 0.15) is 50.8 Å². The number of carbonyl (C=O) groups excluding carboxylic acids is 1. The molecule has 1 amide bonds. The summed E-state index contributed by atoms with van der Waals surface area (Å²) in [6.07, 6.45) is 3.37. The number of carbonyl (C=O) groups is 1. The minimum atomic E-state index is -3.46. The zero-order chi connectivity index (χ0) is 24.2. The Labute approximate surface area is 196 Å². The van der Waals surface area contributed by atoms with Crippen molar-refractivity contribution in [1.29, 1.82) is 0 Å². The zero-order valence-electron chi connectivity index (χ0n) is 19.9. The Morgan fingerprint density at radius 2 is 1.73 bits per heavy atom. The Morgan fingerprint density at radius 3 is 2.24 bits per heavy atom. The summed E-state index contributed by atoms with van der Waals surface area (Å²) in [7, 11) is -0.457. The van der Waals surface area contributed by atoms with Crippen LogP contribution >= 0.6 is 0 Å². The normalized spacial score (nSPS) is 15.5. The second-order valence-corrected chi connectivity index (χ2v) is 11.5. The van der Waals surface area contributed by atoms with Gasteiger partial charge in [0.05, 0.1) is 10.6 Å². The first-order valence-corrected chi connectivity index (χ1v) is 12.5. The van der Waals surface area contributed by atoms with Crippen LogP contribution in [0.3, 0.4) is 0 Å². The number of benzene rings is 1. The van der Waals surface area contributed by atoms with E-state index < -0.39 is 15.6 Å². The lowest BCUT2D eigenvalue weighted by Crippen LogP contribution is -2.41. The minimum Gasteiger partial charge on any atom is -0.487 e. The SMILES string of the molecule is CN(C)S(=O)(=O)c1ccc(OCc2ccc(C3CCN(C(=O)OC(C)(C)C)CC3)cn2)cc1. The van der Waals surface area contributed by atoms with Crippen LogP contribution < -0.4 is 4.74 Å². The van der Waals surface area contributed by atoms with Gasteiger partial charge in [0.2, 0.25) is 10.0 Å². The highest BCUT2D eigenvalue weighted by Crippen LogP contribution is 2.28. The van der Waals surface area contributed by atoms with Crippen LogP contribution in [0.4, 0.5) is 4.79 Å². The van der Waals surface area contributed by atoms with Crippen LogP contribution in [-0.4, -0.2) is 61.5 Å². The van der Waals surface area contributed by atoms with Crippen molar-refractivity contribution in [2.24, 2.45) is 0 Å². The van der Waals surface area contributed by atoms with Crippen molar-refractivity contribution in [3.63, 3.8) is 0 Å². The standard InChI is InChI=1S/C24H33N3O5S/c1-24(2,3)32-23(28)27-14-12-18(13-15-27)19-6-7-20(25-16-19)17-31-21-8-10-22(11-9-21)33(29,30)26(4)5/h6-11,16,18H,12-15,17H2,1-5H3. The van der Waals surface area contributed by atoms with Gasteiger partial charge in [-0.15, -0.1) is 0 Å². The van der Waals surface area contributed by atoms with Gasteiger partial charge in [0.1, 0.15) is 18.0 Å². The highest BCUT2D eigenvalue weighted by molar-refractivity contribution is 7.89. The molecule has 1 saturated heterocycles. The van der Waals surface area contributed by atoms with Crippen LogP contribution in [0, 0.1) is 0 Å². The van der Waals surface area contributed by atoms with Gasteiger partial charge in [-0.1, -0.05) is 6.07 Å². The number of aromatic nitrogens is 1. The summed E-state index contributed by atoms with van der Waals surface area (Å²) in [6, 6.07) is 10.4. The number of pyridine rings is 1. The molecule has 2 heterocycles. The second-order valence-electron chi connectivity index (χ2n) is 9.37. The van der Waals surface area contributed by atoms with Gasteiger partial charge in [0, 0.05) is 33.4 Å². The van der Waals surface area contributed by atoms with Crippen molar-refractivity contribution in [2.75, 3.05) is 27.2 Å². The zero-order valence-corrected chi connectivity index (χ0v) is 20.8. The van der Waals surface area contributed by atoms with Crippen LogP contribution in [0.2, 0.25) is 0 Å². The fourth-order valence-electron chi connectivity index (χ4n) is 3.56. The van der Waals surface area contributed by atoms with Gasteiger partial charge in [-0.25, -0.2) is 17.5 Å². The van der Waals surface area contributed by atoms with Crippen molar-refractivity contribution >= 4 is 16.1 Å². The Balaban J connectivity index is 1.51. The molecule has 3 rings (SSSR count). The van der Waals surface area contributed by atoms with Gasteiger partial charge >= 0.3 is 6.09 Å². The molecular formula is C24H33N3O5S. The van der Waals surface area contributed by atoms with Crippen LogP contribution in [0.5, 0.6) is 5.75 Å². The fraction of sp³-hybridized carbons (Fsp3) is 0.500. The number of amides is 1. The first kappa shape index (κ1) is 25.0.